The topological polar surface area (TPSA) is 92.4 Å². The molecule has 1 atom stereocenters. The van der Waals surface area contributed by atoms with E-state index in [2.05, 4.69) is 5.32 Å². The smallest absolute Gasteiger partial charge is 0.320 e. The fourth-order valence-electron chi connectivity index (χ4n) is 1.44. The quantitative estimate of drug-likeness (QED) is 0.770. The molecular formula is C14H20N2O3. The molecule has 0 saturated carbocycles. The minimum atomic E-state index is -1.04. The number of carbonyl (C=O) groups is 2. The Hall–Kier alpha value is -1.88. The van der Waals surface area contributed by atoms with Gasteiger partial charge in [-0.15, -0.1) is 0 Å². The van der Waals surface area contributed by atoms with Crippen molar-refractivity contribution in [3.8, 4) is 0 Å². The van der Waals surface area contributed by atoms with Gasteiger partial charge in [0, 0.05) is 11.1 Å². The van der Waals surface area contributed by atoms with Crippen LogP contribution >= 0.6 is 0 Å². The van der Waals surface area contributed by atoms with Gasteiger partial charge in [-0.3, -0.25) is 9.59 Å². The first-order valence-electron chi connectivity index (χ1n) is 6.09. The molecule has 1 rings (SSSR count). The largest absolute Gasteiger partial charge is 0.480 e. The van der Waals surface area contributed by atoms with E-state index in [-0.39, 0.29) is 12.3 Å². The van der Waals surface area contributed by atoms with Crippen LogP contribution in [0.15, 0.2) is 24.3 Å². The number of nitrogens with one attached hydrogen (secondary N) is 1. The van der Waals surface area contributed by atoms with E-state index in [1.807, 2.05) is 20.8 Å². The molecule has 0 spiro atoms. The molecule has 1 aromatic carbocycles. The van der Waals surface area contributed by atoms with Gasteiger partial charge in [0.25, 0.3) is 0 Å². The second-order valence-corrected chi connectivity index (χ2v) is 5.55. The average molecular weight is 264 g/mol. The van der Waals surface area contributed by atoms with E-state index in [9.17, 15) is 9.59 Å². The molecule has 1 aromatic rings. The lowest BCUT2D eigenvalue weighted by Crippen LogP contribution is -2.32. The fraction of sp³-hybridized carbons (Fsp3) is 0.429. The summed E-state index contributed by atoms with van der Waals surface area (Å²) in [6, 6.07) is 6.12. The molecule has 0 heterocycles. The van der Waals surface area contributed by atoms with Crippen LogP contribution < -0.4 is 11.1 Å². The summed E-state index contributed by atoms with van der Waals surface area (Å²) >= 11 is 0. The highest BCUT2D eigenvalue weighted by Gasteiger charge is 2.21. The van der Waals surface area contributed by atoms with E-state index in [0.717, 1.165) is 5.56 Å². The molecule has 1 unspecified atom stereocenters. The number of hydrogen-bond donors (Lipinski definition) is 3. The molecule has 19 heavy (non-hydrogen) atoms. The van der Waals surface area contributed by atoms with Crippen LogP contribution in [0.1, 0.15) is 26.3 Å². The third kappa shape index (κ3) is 4.71. The van der Waals surface area contributed by atoms with Crippen LogP contribution in [0, 0.1) is 5.41 Å². The molecule has 5 heteroatoms. The number of hydrogen-bond acceptors (Lipinski definition) is 3. The number of carboxylic acid groups (broad SMARTS) is 1. The van der Waals surface area contributed by atoms with Crippen LogP contribution in [0.25, 0.3) is 0 Å². The van der Waals surface area contributed by atoms with Crippen molar-refractivity contribution in [3.05, 3.63) is 29.8 Å². The van der Waals surface area contributed by atoms with Crippen molar-refractivity contribution in [2.75, 3.05) is 5.32 Å². The van der Waals surface area contributed by atoms with Crippen molar-refractivity contribution in [1.29, 1.82) is 0 Å². The van der Waals surface area contributed by atoms with Gasteiger partial charge in [0.2, 0.25) is 5.91 Å². The van der Waals surface area contributed by atoms with E-state index in [0.29, 0.717) is 5.69 Å². The van der Waals surface area contributed by atoms with Crippen LogP contribution in [0.5, 0.6) is 0 Å². The Morgan fingerprint density at radius 3 is 2.53 bits per heavy atom. The lowest BCUT2D eigenvalue weighted by Gasteiger charge is -2.18. The molecule has 0 aliphatic rings. The van der Waals surface area contributed by atoms with Gasteiger partial charge in [-0.1, -0.05) is 32.9 Å². The number of anilines is 1. The van der Waals surface area contributed by atoms with E-state index < -0.39 is 17.4 Å². The summed E-state index contributed by atoms with van der Waals surface area (Å²) in [5, 5.41) is 11.6. The summed E-state index contributed by atoms with van der Waals surface area (Å²) in [6.45, 7) is 5.48. The number of rotatable bonds is 4. The zero-order valence-corrected chi connectivity index (χ0v) is 11.4. The first-order chi connectivity index (χ1) is 8.70. The highest BCUT2D eigenvalue weighted by Crippen LogP contribution is 2.18. The number of aliphatic carboxylic acids is 1. The van der Waals surface area contributed by atoms with Crippen LogP contribution in [0.3, 0.4) is 0 Å². The molecule has 1 amide bonds. The van der Waals surface area contributed by atoms with E-state index in [1.165, 1.54) is 0 Å². The molecule has 0 aliphatic carbocycles. The highest BCUT2D eigenvalue weighted by atomic mass is 16.4. The lowest BCUT2D eigenvalue weighted by molar-refractivity contribution is -0.138. The number of nitrogens with two attached hydrogens (primary N) is 1. The number of carbonyl (C=O) groups excluding carboxylic acids is 1. The zero-order valence-electron chi connectivity index (χ0n) is 11.4. The van der Waals surface area contributed by atoms with Gasteiger partial charge in [0.1, 0.15) is 6.04 Å². The summed E-state index contributed by atoms with van der Waals surface area (Å²) in [6.07, 6.45) is 0.231. The predicted octanol–water partition coefficient (Wildman–Crippen LogP) is 1.63. The summed E-state index contributed by atoms with van der Waals surface area (Å²) in [5.74, 6) is -1.13. The van der Waals surface area contributed by atoms with E-state index in [4.69, 9.17) is 10.8 Å². The van der Waals surface area contributed by atoms with Crippen LogP contribution in [-0.2, 0) is 16.0 Å². The third-order valence-corrected chi connectivity index (χ3v) is 2.64. The Balaban J connectivity index is 2.78. The van der Waals surface area contributed by atoms with Crippen molar-refractivity contribution in [2.24, 2.45) is 11.1 Å². The first kappa shape index (κ1) is 15.2. The Morgan fingerprint density at radius 1 is 1.37 bits per heavy atom. The van der Waals surface area contributed by atoms with Gasteiger partial charge in [0.05, 0.1) is 0 Å². The maximum atomic E-state index is 11.8. The third-order valence-electron chi connectivity index (χ3n) is 2.64. The Bertz CT molecular complexity index is 478. The molecular weight excluding hydrogens is 244 g/mol. The minimum Gasteiger partial charge on any atom is -0.480 e. The van der Waals surface area contributed by atoms with Gasteiger partial charge in [0.15, 0.2) is 0 Å². The summed E-state index contributed by atoms with van der Waals surface area (Å²) in [4.78, 5) is 22.5. The predicted molar refractivity (Wildman–Crippen MR) is 73.8 cm³/mol. The maximum absolute atomic E-state index is 11.8. The van der Waals surface area contributed by atoms with E-state index >= 15 is 0 Å². The Morgan fingerprint density at radius 2 is 2.00 bits per heavy atom. The van der Waals surface area contributed by atoms with Crippen LogP contribution in [0.4, 0.5) is 5.69 Å². The van der Waals surface area contributed by atoms with Crippen LogP contribution in [-0.4, -0.2) is 23.0 Å². The molecule has 0 saturated heterocycles. The average Bonchev–Trinajstić information content (AvgIpc) is 2.27. The molecule has 4 N–H and O–H groups in total. The Kier molecular flexibility index (Phi) is 4.67. The number of carboxylic acids is 1. The molecule has 0 fully saturated rings. The minimum absolute atomic E-state index is 0.0906. The number of amides is 1. The lowest BCUT2D eigenvalue weighted by atomic mass is 9.95. The molecule has 0 bridgehead atoms. The van der Waals surface area contributed by atoms with Crippen LogP contribution in [0.2, 0.25) is 0 Å². The van der Waals surface area contributed by atoms with Crippen molar-refractivity contribution < 1.29 is 14.7 Å². The summed E-state index contributed by atoms with van der Waals surface area (Å²) in [7, 11) is 0. The summed E-state index contributed by atoms with van der Waals surface area (Å²) in [5.41, 5.74) is 6.43. The van der Waals surface area contributed by atoms with Gasteiger partial charge in [-0.05, 0) is 24.1 Å². The fourth-order valence-corrected chi connectivity index (χ4v) is 1.44. The molecule has 0 radical (unpaired) electrons. The van der Waals surface area contributed by atoms with Gasteiger partial charge >= 0.3 is 5.97 Å². The van der Waals surface area contributed by atoms with Crippen molar-refractivity contribution in [1.82, 2.24) is 0 Å². The van der Waals surface area contributed by atoms with Crippen molar-refractivity contribution in [2.45, 2.75) is 33.2 Å². The molecule has 0 aliphatic heterocycles. The first-order valence-corrected chi connectivity index (χ1v) is 6.09. The second kappa shape index (κ2) is 5.84. The highest BCUT2D eigenvalue weighted by molar-refractivity contribution is 5.94. The molecule has 5 nitrogen and oxygen atoms in total. The normalized spacial score (nSPS) is 12.8. The standard InChI is InChI=1S/C14H20N2O3/c1-14(2,3)13(19)16-10-6-4-5-9(7-10)8-11(15)12(17)18/h4-7,11H,8,15H2,1-3H3,(H,16,19)(H,17,18). The Labute approximate surface area is 112 Å². The maximum Gasteiger partial charge on any atom is 0.320 e. The SMILES string of the molecule is CC(C)(C)C(=O)Nc1cccc(CC(N)C(=O)O)c1. The van der Waals surface area contributed by atoms with Crippen molar-refractivity contribution in [3.63, 3.8) is 0 Å². The molecule has 0 aromatic heterocycles. The van der Waals surface area contributed by atoms with Gasteiger partial charge in [-0.25, -0.2) is 0 Å². The zero-order chi connectivity index (χ0) is 14.6. The van der Waals surface area contributed by atoms with Crippen molar-refractivity contribution >= 4 is 17.6 Å². The van der Waals surface area contributed by atoms with Gasteiger partial charge < -0.3 is 16.2 Å². The van der Waals surface area contributed by atoms with E-state index in [1.54, 1.807) is 24.3 Å². The summed E-state index contributed by atoms with van der Waals surface area (Å²) < 4.78 is 0. The van der Waals surface area contributed by atoms with Gasteiger partial charge in [-0.2, -0.15) is 0 Å². The monoisotopic (exact) mass is 264 g/mol. The number of benzene rings is 1. The molecule has 104 valence electrons. The second-order valence-electron chi connectivity index (χ2n) is 5.55.